The molecule has 1 rings (SSSR count). The maximum Gasteiger partial charge on any atom is 0.146 e. The van der Waals surface area contributed by atoms with E-state index in [1.807, 2.05) is 0 Å². The van der Waals surface area contributed by atoms with Crippen LogP contribution < -0.4 is 5.32 Å². The van der Waals surface area contributed by atoms with Gasteiger partial charge in [-0.1, -0.05) is 13.8 Å². The SMILES string of the molecule is COCCNCc1nncn1CC(C)C. The Kier molecular flexibility index (Phi) is 5.28. The molecule has 1 aromatic rings. The molecule has 0 radical (unpaired) electrons. The van der Waals surface area contributed by atoms with Crippen molar-refractivity contribution in [3.05, 3.63) is 12.2 Å². The zero-order valence-electron chi connectivity index (χ0n) is 9.73. The summed E-state index contributed by atoms with van der Waals surface area (Å²) in [7, 11) is 1.70. The number of methoxy groups -OCH3 is 1. The molecular formula is C10H20N4O. The maximum absolute atomic E-state index is 4.95. The van der Waals surface area contributed by atoms with E-state index in [4.69, 9.17) is 4.74 Å². The molecule has 1 aromatic heterocycles. The number of hydrogen-bond donors (Lipinski definition) is 1. The van der Waals surface area contributed by atoms with Gasteiger partial charge in [0.25, 0.3) is 0 Å². The first-order chi connectivity index (χ1) is 7.24. The van der Waals surface area contributed by atoms with Crippen molar-refractivity contribution in [2.75, 3.05) is 20.3 Å². The van der Waals surface area contributed by atoms with Crippen molar-refractivity contribution in [2.24, 2.45) is 5.92 Å². The third-order valence-electron chi connectivity index (χ3n) is 2.02. The van der Waals surface area contributed by atoms with Gasteiger partial charge in [-0.15, -0.1) is 10.2 Å². The Hall–Kier alpha value is -0.940. The van der Waals surface area contributed by atoms with Crippen LogP contribution in [0.25, 0.3) is 0 Å². The third-order valence-corrected chi connectivity index (χ3v) is 2.02. The highest BCUT2D eigenvalue weighted by Crippen LogP contribution is 2.01. The minimum atomic E-state index is 0.610. The number of aromatic nitrogens is 3. The van der Waals surface area contributed by atoms with Gasteiger partial charge in [0, 0.05) is 20.2 Å². The molecule has 15 heavy (non-hydrogen) atoms. The summed E-state index contributed by atoms with van der Waals surface area (Å²) in [6.07, 6.45) is 1.79. The molecule has 0 atom stereocenters. The molecule has 0 bridgehead atoms. The van der Waals surface area contributed by atoms with E-state index in [2.05, 4.69) is 33.9 Å². The van der Waals surface area contributed by atoms with Crippen LogP contribution in [-0.2, 0) is 17.8 Å². The second-order valence-electron chi connectivity index (χ2n) is 3.96. The van der Waals surface area contributed by atoms with Crippen LogP contribution in [-0.4, -0.2) is 35.0 Å². The number of nitrogens with one attached hydrogen (secondary N) is 1. The van der Waals surface area contributed by atoms with Crippen LogP contribution in [0.1, 0.15) is 19.7 Å². The van der Waals surface area contributed by atoms with Crippen LogP contribution in [0.3, 0.4) is 0 Å². The van der Waals surface area contributed by atoms with Crippen molar-refractivity contribution in [2.45, 2.75) is 26.9 Å². The van der Waals surface area contributed by atoms with E-state index >= 15 is 0 Å². The summed E-state index contributed by atoms with van der Waals surface area (Å²) < 4.78 is 7.04. The molecule has 0 saturated carbocycles. The predicted molar refractivity (Wildman–Crippen MR) is 58.4 cm³/mol. The van der Waals surface area contributed by atoms with E-state index in [1.165, 1.54) is 0 Å². The van der Waals surface area contributed by atoms with Crippen molar-refractivity contribution in [1.82, 2.24) is 20.1 Å². The molecule has 0 spiro atoms. The minimum Gasteiger partial charge on any atom is -0.383 e. The molecule has 0 aliphatic heterocycles. The molecule has 0 unspecified atom stereocenters. The van der Waals surface area contributed by atoms with E-state index in [0.29, 0.717) is 5.92 Å². The lowest BCUT2D eigenvalue weighted by Gasteiger charge is -2.09. The normalized spacial score (nSPS) is 11.2. The Bertz CT molecular complexity index is 272. The van der Waals surface area contributed by atoms with Gasteiger partial charge in [-0.3, -0.25) is 0 Å². The number of rotatable bonds is 7. The van der Waals surface area contributed by atoms with E-state index in [1.54, 1.807) is 13.4 Å². The van der Waals surface area contributed by atoms with Gasteiger partial charge in [-0.2, -0.15) is 0 Å². The van der Waals surface area contributed by atoms with Gasteiger partial charge < -0.3 is 14.6 Å². The minimum absolute atomic E-state index is 0.610. The molecule has 5 heteroatoms. The molecule has 5 nitrogen and oxygen atoms in total. The summed E-state index contributed by atoms with van der Waals surface area (Å²) in [5, 5.41) is 11.2. The second-order valence-corrected chi connectivity index (χ2v) is 3.96. The molecule has 1 heterocycles. The van der Waals surface area contributed by atoms with Gasteiger partial charge in [0.15, 0.2) is 0 Å². The molecular weight excluding hydrogens is 192 g/mol. The molecule has 0 fully saturated rings. The van der Waals surface area contributed by atoms with Crippen LogP contribution in [0, 0.1) is 5.92 Å². The third kappa shape index (κ3) is 4.40. The standard InChI is InChI=1S/C10H20N4O/c1-9(2)7-14-8-12-13-10(14)6-11-4-5-15-3/h8-9,11H,4-7H2,1-3H3. The van der Waals surface area contributed by atoms with Gasteiger partial charge in [-0.05, 0) is 5.92 Å². The predicted octanol–water partition coefficient (Wildman–Crippen LogP) is 0.670. The van der Waals surface area contributed by atoms with Crippen molar-refractivity contribution >= 4 is 0 Å². The smallest absolute Gasteiger partial charge is 0.146 e. The Morgan fingerprint density at radius 3 is 3.00 bits per heavy atom. The lowest BCUT2D eigenvalue weighted by Crippen LogP contribution is -2.21. The zero-order chi connectivity index (χ0) is 11.1. The van der Waals surface area contributed by atoms with Gasteiger partial charge >= 0.3 is 0 Å². The molecule has 1 N–H and O–H groups in total. The summed E-state index contributed by atoms with van der Waals surface area (Å²) >= 11 is 0. The number of nitrogens with zero attached hydrogens (tertiary/aromatic N) is 3. The second kappa shape index (κ2) is 6.53. The van der Waals surface area contributed by atoms with Crippen LogP contribution >= 0.6 is 0 Å². The van der Waals surface area contributed by atoms with Gasteiger partial charge in [0.05, 0.1) is 13.2 Å². The number of ether oxygens (including phenoxy) is 1. The van der Waals surface area contributed by atoms with E-state index in [-0.39, 0.29) is 0 Å². The highest BCUT2D eigenvalue weighted by atomic mass is 16.5. The van der Waals surface area contributed by atoms with Crippen molar-refractivity contribution in [3.63, 3.8) is 0 Å². The summed E-state index contributed by atoms with van der Waals surface area (Å²) in [5.41, 5.74) is 0. The molecule has 0 aliphatic rings. The molecule has 86 valence electrons. The van der Waals surface area contributed by atoms with Gasteiger partial charge in [0.1, 0.15) is 12.2 Å². The summed E-state index contributed by atoms with van der Waals surface area (Å²) in [4.78, 5) is 0. The maximum atomic E-state index is 4.95. The monoisotopic (exact) mass is 212 g/mol. The van der Waals surface area contributed by atoms with Crippen molar-refractivity contribution in [3.8, 4) is 0 Å². The molecule has 0 aromatic carbocycles. The topological polar surface area (TPSA) is 52.0 Å². The van der Waals surface area contributed by atoms with Crippen LogP contribution in [0.2, 0.25) is 0 Å². The first-order valence-corrected chi connectivity index (χ1v) is 5.30. The summed E-state index contributed by atoms with van der Waals surface area (Å²) in [5.74, 6) is 1.60. The first-order valence-electron chi connectivity index (χ1n) is 5.30. The lowest BCUT2D eigenvalue weighted by atomic mass is 10.2. The fourth-order valence-corrected chi connectivity index (χ4v) is 1.34. The Labute approximate surface area is 90.8 Å². The summed E-state index contributed by atoms with van der Waals surface area (Å²) in [6.45, 7) is 7.64. The number of hydrogen-bond acceptors (Lipinski definition) is 4. The summed E-state index contributed by atoms with van der Waals surface area (Å²) in [6, 6.07) is 0. The van der Waals surface area contributed by atoms with Crippen LogP contribution in [0.5, 0.6) is 0 Å². The first kappa shape index (κ1) is 12.1. The Balaban J connectivity index is 2.36. The van der Waals surface area contributed by atoms with Crippen LogP contribution in [0.15, 0.2) is 6.33 Å². The molecule has 0 saturated heterocycles. The Morgan fingerprint density at radius 1 is 1.53 bits per heavy atom. The quantitative estimate of drug-likeness (QED) is 0.675. The van der Waals surface area contributed by atoms with E-state index in [0.717, 1.165) is 32.1 Å². The van der Waals surface area contributed by atoms with Crippen molar-refractivity contribution < 1.29 is 4.74 Å². The molecule has 0 aliphatic carbocycles. The lowest BCUT2D eigenvalue weighted by molar-refractivity contribution is 0.198. The average Bonchev–Trinajstić information content (AvgIpc) is 2.59. The van der Waals surface area contributed by atoms with E-state index < -0.39 is 0 Å². The average molecular weight is 212 g/mol. The van der Waals surface area contributed by atoms with Crippen molar-refractivity contribution in [1.29, 1.82) is 0 Å². The fourth-order valence-electron chi connectivity index (χ4n) is 1.34. The van der Waals surface area contributed by atoms with Gasteiger partial charge in [0.2, 0.25) is 0 Å². The van der Waals surface area contributed by atoms with E-state index in [9.17, 15) is 0 Å². The van der Waals surface area contributed by atoms with Crippen LogP contribution in [0.4, 0.5) is 0 Å². The highest BCUT2D eigenvalue weighted by Gasteiger charge is 2.04. The van der Waals surface area contributed by atoms with Gasteiger partial charge in [-0.25, -0.2) is 0 Å². The zero-order valence-corrected chi connectivity index (χ0v) is 9.73. The fraction of sp³-hybridized carbons (Fsp3) is 0.800. The largest absolute Gasteiger partial charge is 0.383 e. The highest BCUT2D eigenvalue weighted by molar-refractivity contribution is 4.85. The Morgan fingerprint density at radius 2 is 2.33 bits per heavy atom. The molecule has 0 amide bonds.